The summed E-state index contributed by atoms with van der Waals surface area (Å²) in [6, 6.07) is 0.486. The van der Waals surface area contributed by atoms with Crippen LogP contribution in [0.25, 0.3) is 0 Å². The van der Waals surface area contributed by atoms with Gasteiger partial charge in [0.2, 0.25) is 5.91 Å². The number of carbonyl (C=O) groups is 1. The van der Waals surface area contributed by atoms with E-state index in [1.165, 1.54) is 25.7 Å². The SMILES string of the molecule is CC(C)C(=O)NCC1CCCCCN1. The molecule has 0 aromatic rings. The molecule has 0 aliphatic carbocycles. The van der Waals surface area contributed by atoms with E-state index in [1.54, 1.807) is 0 Å². The zero-order valence-electron chi connectivity index (χ0n) is 9.31. The van der Waals surface area contributed by atoms with E-state index in [-0.39, 0.29) is 11.8 Å². The molecular weight excluding hydrogens is 176 g/mol. The summed E-state index contributed by atoms with van der Waals surface area (Å²) in [6.07, 6.45) is 5.07. The van der Waals surface area contributed by atoms with Crippen LogP contribution in [0.1, 0.15) is 39.5 Å². The zero-order valence-corrected chi connectivity index (χ0v) is 9.31. The molecule has 0 saturated carbocycles. The second kappa shape index (κ2) is 6.02. The van der Waals surface area contributed by atoms with Crippen LogP contribution in [0.3, 0.4) is 0 Å². The van der Waals surface area contributed by atoms with Crippen LogP contribution in [0, 0.1) is 5.92 Å². The monoisotopic (exact) mass is 198 g/mol. The van der Waals surface area contributed by atoms with Crippen LogP contribution in [0.2, 0.25) is 0 Å². The molecule has 1 aliphatic rings. The van der Waals surface area contributed by atoms with E-state index >= 15 is 0 Å². The molecular formula is C11H22N2O. The molecule has 1 aliphatic heterocycles. The maximum absolute atomic E-state index is 11.3. The smallest absolute Gasteiger partial charge is 0.222 e. The minimum atomic E-state index is 0.0979. The highest BCUT2D eigenvalue weighted by atomic mass is 16.1. The fourth-order valence-corrected chi connectivity index (χ4v) is 1.70. The van der Waals surface area contributed by atoms with Gasteiger partial charge >= 0.3 is 0 Å². The number of hydrogen-bond donors (Lipinski definition) is 2. The van der Waals surface area contributed by atoms with Gasteiger partial charge < -0.3 is 10.6 Å². The first-order valence-corrected chi connectivity index (χ1v) is 5.71. The molecule has 2 N–H and O–H groups in total. The molecule has 1 amide bonds. The van der Waals surface area contributed by atoms with Gasteiger partial charge in [0.25, 0.3) is 0 Å². The van der Waals surface area contributed by atoms with Crippen LogP contribution in [-0.4, -0.2) is 25.0 Å². The fraction of sp³-hybridized carbons (Fsp3) is 0.909. The van der Waals surface area contributed by atoms with Crippen LogP contribution < -0.4 is 10.6 Å². The van der Waals surface area contributed by atoms with Gasteiger partial charge in [-0.1, -0.05) is 26.7 Å². The Kier molecular flexibility index (Phi) is 4.94. The van der Waals surface area contributed by atoms with Crippen molar-refractivity contribution in [3.8, 4) is 0 Å². The third-order valence-corrected chi connectivity index (χ3v) is 2.71. The fourth-order valence-electron chi connectivity index (χ4n) is 1.70. The van der Waals surface area contributed by atoms with E-state index in [0.717, 1.165) is 13.1 Å². The van der Waals surface area contributed by atoms with Crippen molar-refractivity contribution in [1.29, 1.82) is 0 Å². The summed E-state index contributed by atoms with van der Waals surface area (Å²) in [5.74, 6) is 0.261. The summed E-state index contributed by atoms with van der Waals surface area (Å²) in [4.78, 5) is 11.3. The molecule has 0 bridgehead atoms. The molecule has 1 atom stereocenters. The lowest BCUT2D eigenvalue weighted by Crippen LogP contribution is -2.41. The van der Waals surface area contributed by atoms with Crippen molar-refractivity contribution in [2.45, 2.75) is 45.6 Å². The van der Waals surface area contributed by atoms with E-state index in [1.807, 2.05) is 13.8 Å². The highest BCUT2D eigenvalue weighted by Gasteiger charge is 2.13. The summed E-state index contributed by atoms with van der Waals surface area (Å²) in [5.41, 5.74) is 0. The predicted molar refractivity (Wildman–Crippen MR) is 58.1 cm³/mol. The maximum atomic E-state index is 11.3. The highest BCUT2D eigenvalue weighted by Crippen LogP contribution is 2.07. The largest absolute Gasteiger partial charge is 0.354 e. The molecule has 82 valence electrons. The van der Waals surface area contributed by atoms with Crippen molar-refractivity contribution < 1.29 is 4.79 Å². The Labute approximate surface area is 86.6 Å². The Bertz CT molecular complexity index is 172. The minimum Gasteiger partial charge on any atom is -0.354 e. The molecule has 0 aromatic carbocycles. The van der Waals surface area contributed by atoms with Crippen LogP contribution >= 0.6 is 0 Å². The van der Waals surface area contributed by atoms with Gasteiger partial charge in [-0.25, -0.2) is 0 Å². The molecule has 1 fully saturated rings. The Morgan fingerprint density at radius 3 is 2.93 bits per heavy atom. The third-order valence-electron chi connectivity index (χ3n) is 2.71. The van der Waals surface area contributed by atoms with Crippen molar-refractivity contribution in [3.05, 3.63) is 0 Å². The topological polar surface area (TPSA) is 41.1 Å². The van der Waals surface area contributed by atoms with Crippen LogP contribution in [0.4, 0.5) is 0 Å². The third kappa shape index (κ3) is 4.09. The lowest BCUT2D eigenvalue weighted by atomic mass is 10.1. The van der Waals surface area contributed by atoms with Gasteiger partial charge in [-0.2, -0.15) is 0 Å². The maximum Gasteiger partial charge on any atom is 0.222 e. The molecule has 1 unspecified atom stereocenters. The molecule has 1 heterocycles. The molecule has 0 radical (unpaired) electrons. The van der Waals surface area contributed by atoms with Crippen molar-refractivity contribution in [2.24, 2.45) is 5.92 Å². The van der Waals surface area contributed by atoms with Gasteiger partial charge in [0, 0.05) is 18.5 Å². The van der Waals surface area contributed by atoms with Gasteiger partial charge in [0.1, 0.15) is 0 Å². The van der Waals surface area contributed by atoms with E-state index in [4.69, 9.17) is 0 Å². The van der Waals surface area contributed by atoms with Crippen LogP contribution in [-0.2, 0) is 4.79 Å². The average molecular weight is 198 g/mol. The normalized spacial score (nSPS) is 23.2. The lowest BCUT2D eigenvalue weighted by molar-refractivity contribution is -0.124. The molecule has 3 heteroatoms. The van der Waals surface area contributed by atoms with Crippen molar-refractivity contribution in [3.63, 3.8) is 0 Å². The van der Waals surface area contributed by atoms with E-state index in [9.17, 15) is 4.79 Å². The standard InChI is InChI=1S/C11H22N2O/c1-9(2)11(14)13-8-10-6-4-3-5-7-12-10/h9-10,12H,3-8H2,1-2H3,(H,13,14). The zero-order chi connectivity index (χ0) is 10.4. The van der Waals surface area contributed by atoms with Gasteiger partial charge in [-0.05, 0) is 19.4 Å². The van der Waals surface area contributed by atoms with Crippen LogP contribution in [0.15, 0.2) is 0 Å². The minimum absolute atomic E-state index is 0.0979. The first-order chi connectivity index (χ1) is 6.70. The second-order valence-electron chi connectivity index (χ2n) is 4.40. The Morgan fingerprint density at radius 1 is 1.43 bits per heavy atom. The highest BCUT2D eigenvalue weighted by molar-refractivity contribution is 5.77. The quantitative estimate of drug-likeness (QED) is 0.717. The summed E-state index contributed by atoms with van der Waals surface area (Å²) >= 11 is 0. The van der Waals surface area contributed by atoms with Crippen LogP contribution in [0.5, 0.6) is 0 Å². The van der Waals surface area contributed by atoms with Crippen molar-refractivity contribution in [1.82, 2.24) is 10.6 Å². The number of rotatable bonds is 3. The molecule has 1 rings (SSSR count). The van der Waals surface area contributed by atoms with Crippen molar-refractivity contribution >= 4 is 5.91 Å². The number of hydrogen-bond acceptors (Lipinski definition) is 2. The molecule has 14 heavy (non-hydrogen) atoms. The summed E-state index contributed by atoms with van der Waals surface area (Å²) < 4.78 is 0. The molecule has 1 saturated heterocycles. The van der Waals surface area contributed by atoms with E-state index in [2.05, 4.69) is 10.6 Å². The van der Waals surface area contributed by atoms with Gasteiger partial charge in [-0.15, -0.1) is 0 Å². The summed E-state index contributed by atoms with van der Waals surface area (Å²) in [7, 11) is 0. The molecule has 3 nitrogen and oxygen atoms in total. The average Bonchev–Trinajstić information content (AvgIpc) is 2.42. The van der Waals surface area contributed by atoms with E-state index in [0.29, 0.717) is 6.04 Å². The second-order valence-corrected chi connectivity index (χ2v) is 4.40. The number of carbonyl (C=O) groups excluding carboxylic acids is 1. The Hall–Kier alpha value is -0.570. The first kappa shape index (κ1) is 11.5. The van der Waals surface area contributed by atoms with E-state index < -0.39 is 0 Å². The lowest BCUT2D eigenvalue weighted by Gasteiger charge is -2.17. The predicted octanol–water partition coefficient (Wildman–Crippen LogP) is 1.29. The number of amides is 1. The Morgan fingerprint density at radius 2 is 2.21 bits per heavy atom. The van der Waals surface area contributed by atoms with Gasteiger partial charge in [0.05, 0.1) is 0 Å². The summed E-state index contributed by atoms with van der Waals surface area (Å²) in [6.45, 7) is 5.74. The van der Waals surface area contributed by atoms with Gasteiger partial charge in [-0.3, -0.25) is 4.79 Å². The Balaban J connectivity index is 2.19. The van der Waals surface area contributed by atoms with Gasteiger partial charge in [0.15, 0.2) is 0 Å². The first-order valence-electron chi connectivity index (χ1n) is 5.71. The van der Waals surface area contributed by atoms with Crippen molar-refractivity contribution in [2.75, 3.05) is 13.1 Å². The summed E-state index contributed by atoms with van der Waals surface area (Å²) in [5, 5.41) is 6.44. The molecule has 0 spiro atoms. The number of nitrogens with one attached hydrogen (secondary N) is 2. The molecule has 0 aromatic heterocycles.